The molecular weight excluding hydrogens is 385 g/mol. The Kier molecular flexibility index (Phi) is 9.11. The van der Waals surface area contributed by atoms with Gasteiger partial charge in [-0.05, 0) is 33.6 Å². The number of alkyl halides is 1. The largest absolute Gasteiger partial charge is 0.444 e. The summed E-state index contributed by atoms with van der Waals surface area (Å²) in [5.41, 5.74) is -0.937. The second kappa shape index (κ2) is 9.15. The zero-order chi connectivity index (χ0) is 16.7. The van der Waals surface area contributed by atoms with Gasteiger partial charge >= 0.3 is 6.09 Å². The van der Waals surface area contributed by atoms with Crippen LogP contribution in [0, 0.1) is 5.92 Å². The molecule has 0 aromatic rings. The summed E-state index contributed by atoms with van der Waals surface area (Å²) in [5, 5.41) is 2.77. The summed E-state index contributed by atoms with van der Waals surface area (Å²) in [6.07, 6.45) is -0.372. The van der Waals surface area contributed by atoms with Gasteiger partial charge in [-0.25, -0.2) is 4.79 Å². The van der Waals surface area contributed by atoms with E-state index in [2.05, 4.69) is 41.8 Å². The molecular formula is C15H30INO4. The normalized spacial score (nSPS) is 16.4. The molecule has 0 aliphatic rings. The average molecular weight is 415 g/mol. The van der Waals surface area contributed by atoms with Crippen molar-refractivity contribution in [2.24, 2.45) is 5.92 Å². The average Bonchev–Trinajstić information content (AvgIpc) is 2.35. The van der Waals surface area contributed by atoms with Crippen LogP contribution < -0.4 is 5.32 Å². The van der Waals surface area contributed by atoms with E-state index in [1.807, 2.05) is 27.7 Å². The molecule has 0 aliphatic carbocycles. The zero-order valence-electron chi connectivity index (χ0n) is 14.3. The van der Waals surface area contributed by atoms with Crippen LogP contribution in [0.25, 0.3) is 0 Å². The van der Waals surface area contributed by atoms with Gasteiger partial charge in [0.1, 0.15) is 5.60 Å². The molecule has 2 unspecified atom stereocenters. The summed E-state index contributed by atoms with van der Waals surface area (Å²) in [5.74, 6) is 0.382. The highest BCUT2D eigenvalue weighted by atomic mass is 127. The fourth-order valence-electron chi connectivity index (χ4n) is 1.53. The quantitative estimate of drug-likeness (QED) is 0.488. The van der Waals surface area contributed by atoms with Gasteiger partial charge in [-0.1, -0.05) is 36.4 Å². The predicted octanol–water partition coefficient (Wildman–Crippen LogP) is 3.39. The first-order valence-corrected chi connectivity index (χ1v) is 8.75. The van der Waals surface area contributed by atoms with Gasteiger partial charge in [-0.2, -0.15) is 0 Å². The Hall–Kier alpha value is -0.0800. The number of carbonyl (C=O) groups excluding carboxylic acids is 1. The van der Waals surface area contributed by atoms with E-state index in [9.17, 15) is 4.79 Å². The standard InChI is InChI=1S/C15H30INO4/c1-11(2)12(19-7)8-20-15(6,9-16)10-17-13(18)21-14(3,4)5/h11-12H,8-10H2,1-7H3,(H,17,18). The molecule has 6 heteroatoms. The number of nitrogens with one attached hydrogen (secondary N) is 1. The van der Waals surface area contributed by atoms with Crippen molar-refractivity contribution in [3.63, 3.8) is 0 Å². The minimum atomic E-state index is -0.496. The molecule has 1 amide bonds. The van der Waals surface area contributed by atoms with Crippen LogP contribution in [-0.2, 0) is 14.2 Å². The molecule has 0 aromatic carbocycles. The van der Waals surface area contributed by atoms with Crippen molar-refractivity contribution >= 4 is 28.7 Å². The Morgan fingerprint density at radius 3 is 2.19 bits per heavy atom. The molecule has 5 nitrogen and oxygen atoms in total. The lowest BCUT2D eigenvalue weighted by Crippen LogP contribution is -2.47. The highest BCUT2D eigenvalue weighted by molar-refractivity contribution is 14.1. The minimum absolute atomic E-state index is 0.0498. The summed E-state index contributed by atoms with van der Waals surface area (Å²) >= 11 is 2.26. The van der Waals surface area contributed by atoms with Gasteiger partial charge in [-0.15, -0.1) is 0 Å². The van der Waals surface area contributed by atoms with E-state index in [-0.39, 0.29) is 6.10 Å². The van der Waals surface area contributed by atoms with Gasteiger partial charge in [0.15, 0.2) is 0 Å². The molecule has 0 spiro atoms. The fourth-order valence-corrected chi connectivity index (χ4v) is 2.02. The molecule has 0 rings (SSSR count). The van der Waals surface area contributed by atoms with Crippen molar-refractivity contribution in [3.05, 3.63) is 0 Å². The maximum Gasteiger partial charge on any atom is 0.407 e. The number of carbonyl (C=O) groups is 1. The van der Waals surface area contributed by atoms with E-state index in [0.717, 1.165) is 4.43 Å². The van der Waals surface area contributed by atoms with Gasteiger partial charge < -0.3 is 19.5 Å². The van der Waals surface area contributed by atoms with Gasteiger partial charge in [0.25, 0.3) is 0 Å². The number of ether oxygens (including phenoxy) is 3. The Morgan fingerprint density at radius 1 is 1.24 bits per heavy atom. The lowest BCUT2D eigenvalue weighted by molar-refractivity contribution is -0.0774. The number of hydrogen-bond donors (Lipinski definition) is 1. The number of alkyl carbamates (subject to hydrolysis) is 1. The van der Waals surface area contributed by atoms with Gasteiger partial charge in [-0.3, -0.25) is 0 Å². The zero-order valence-corrected chi connectivity index (χ0v) is 16.4. The molecule has 2 atom stereocenters. The van der Waals surface area contributed by atoms with Crippen LogP contribution in [0.15, 0.2) is 0 Å². The first-order chi connectivity index (χ1) is 9.53. The summed E-state index contributed by atoms with van der Waals surface area (Å²) in [6.45, 7) is 12.6. The van der Waals surface area contributed by atoms with E-state index in [1.165, 1.54) is 0 Å². The van der Waals surface area contributed by atoms with Crippen molar-refractivity contribution in [3.8, 4) is 0 Å². The molecule has 0 aromatic heterocycles. The maximum atomic E-state index is 11.7. The van der Waals surface area contributed by atoms with Crippen LogP contribution in [-0.4, -0.2) is 48.1 Å². The summed E-state index contributed by atoms with van der Waals surface area (Å²) < 4.78 is 17.4. The Balaban J connectivity index is 4.37. The third-order valence-corrected chi connectivity index (χ3v) is 4.54. The van der Waals surface area contributed by atoms with E-state index < -0.39 is 17.3 Å². The smallest absolute Gasteiger partial charge is 0.407 e. The molecule has 0 fully saturated rings. The van der Waals surface area contributed by atoms with Gasteiger partial charge in [0.05, 0.1) is 24.9 Å². The number of halogens is 1. The Morgan fingerprint density at radius 2 is 1.81 bits per heavy atom. The molecule has 0 aliphatic heterocycles. The van der Waals surface area contributed by atoms with Crippen LogP contribution in [0.3, 0.4) is 0 Å². The monoisotopic (exact) mass is 415 g/mol. The molecule has 0 radical (unpaired) electrons. The maximum absolute atomic E-state index is 11.7. The topological polar surface area (TPSA) is 56.8 Å². The van der Waals surface area contributed by atoms with E-state index >= 15 is 0 Å². The summed E-state index contributed by atoms with van der Waals surface area (Å²) in [7, 11) is 1.69. The minimum Gasteiger partial charge on any atom is -0.444 e. The Labute approximate surface area is 142 Å². The predicted molar refractivity (Wildman–Crippen MR) is 93.1 cm³/mol. The highest BCUT2D eigenvalue weighted by Crippen LogP contribution is 2.17. The molecule has 126 valence electrons. The molecule has 21 heavy (non-hydrogen) atoms. The van der Waals surface area contributed by atoms with Crippen LogP contribution in [0.1, 0.15) is 41.5 Å². The SMILES string of the molecule is COC(COC(C)(CI)CNC(=O)OC(C)(C)C)C(C)C. The van der Waals surface area contributed by atoms with Crippen molar-refractivity contribution in [2.45, 2.75) is 58.8 Å². The fraction of sp³-hybridized carbons (Fsp3) is 0.933. The number of hydrogen-bond acceptors (Lipinski definition) is 4. The lowest BCUT2D eigenvalue weighted by atomic mass is 10.1. The van der Waals surface area contributed by atoms with Crippen molar-refractivity contribution in [1.29, 1.82) is 0 Å². The highest BCUT2D eigenvalue weighted by Gasteiger charge is 2.28. The van der Waals surface area contributed by atoms with Crippen molar-refractivity contribution < 1.29 is 19.0 Å². The summed E-state index contributed by atoms with van der Waals surface area (Å²) in [6, 6.07) is 0. The van der Waals surface area contributed by atoms with Crippen LogP contribution in [0.4, 0.5) is 4.79 Å². The van der Waals surface area contributed by atoms with Gasteiger partial charge in [0, 0.05) is 11.5 Å². The third-order valence-electron chi connectivity index (χ3n) is 2.93. The Bertz CT molecular complexity index is 317. The van der Waals surface area contributed by atoms with Crippen LogP contribution in [0.5, 0.6) is 0 Å². The molecule has 0 saturated heterocycles. The van der Waals surface area contributed by atoms with E-state index in [4.69, 9.17) is 14.2 Å². The van der Waals surface area contributed by atoms with E-state index in [0.29, 0.717) is 19.1 Å². The van der Waals surface area contributed by atoms with Crippen LogP contribution in [0.2, 0.25) is 0 Å². The van der Waals surface area contributed by atoms with Crippen LogP contribution >= 0.6 is 22.6 Å². The van der Waals surface area contributed by atoms with Crippen molar-refractivity contribution in [1.82, 2.24) is 5.32 Å². The second-order valence-corrected chi connectivity index (χ2v) is 7.53. The molecule has 1 N–H and O–H groups in total. The van der Waals surface area contributed by atoms with Gasteiger partial charge in [0.2, 0.25) is 0 Å². The summed E-state index contributed by atoms with van der Waals surface area (Å²) in [4.78, 5) is 11.7. The number of amides is 1. The molecule has 0 heterocycles. The lowest BCUT2D eigenvalue weighted by Gasteiger charge is -2.31. The van der Waals surface area contributed by atoms with Crippen molar-refractivity contribution in [2.75, 3.05) is 24.7 Å². The second-order valence-electron chi connectivity index (χ2n) is 6.77. The molecule has 0 bridgehead atoms. The first-order valence-electron chi connectivity index (χ1n) is 7.22. The van der Waals surface area contributed by atoms with E-state index in [1.54, 1.807) is 7.11 Å². The number of methoxy groups -OCH3 is 1. The number of rotatable bonds is 8. The molecule has 0 saturated carbocycles. The third kappa shape index (κ3) is 9.52. The first kappa shape index (κ1) is 20.9.